The zero-order chi connectivity index (χ0) is 16.9. The standard InChI is InChI=1S/C16H15F2N5O/c1-2-11-7-19-16(20-8-11)24-10-13-9-23(22-21-13)14-5-3-4-12(6-14)15(17)18/h3-9,15H,2,10H2,1H3. The van der Waals surface area contributed by atoms with E-state index in [1.165, 1.54) is 16.8 Å². The summed E-state index contributed by atoms with van der Waals surface area (Å²) in [6.07, 6.45) is 3.35. The fourth-order valence-corrected chi connectivity index (χ4v) is 2.03. The molecule has 0 saturated heterocycles. The van der Waals surface area contributed by atoms with Crippen LogP contribution in [0.15, 0.2) is 42.9 Å². The SMILES string of the molecule is CCc1cnc(OCc2cn(-c3cccc(C(F)F)c3)nn2)nc1. The van der Waals surface area contributed by atoms with E-state index in [2.05, 4.69) is 20.3 Å². The second-order valence-electron chi connectivity index (χ2n) is 5.07. The van der Waals surface area contributed by atoms with Gasteiger partial charge in [0.2, 0.25) is 0 Å². The summed E-state index contributed by atoms with van der Waals surface area (Å²) in [6, 6.07) is 6.22. The van der Waals surface area contributed by atoms with Gasteiger partial charge in [0.1, 0.15) is 12.3 Å². The van der Waals surface area contributed by atoms with Crippen LogP contribution >= 0.6 is 0 Å². The molecule has 24 heavy (non-hydrogen) atoms. The van der Waals surface area contributed by atoms with Crippen LogP contribution in [-0.2, 0) is 13.0 Å². The smallest absolute Gasteiger partial charge is 0.316 e. The largest absolute Gasteiger partial charge is 0.457 e. The van der Waals surface area contributed by atoms with Gasteiger partial charge < -0.3 is 4.74 Å². The molecule has 2 aromatic heterocycles. The third-order valence-electron chi connectivity index (χ3n) is 3.37. The van der Waals surface area contributed by atoms with Crippen molar-refractivity contribution in [3.05, 3.63) is 59.7 Å². The molecule has 8 heteroatoms. The summed E-state index contributed by atoms with van der Waals surface area (Å²) >= 11 is 0. The molecule has 0 radical (unpaired) electrons. The van der Waals surface area contributed by atoms with Gasteiger partial charge in [-0.2, -0.15) is 0 Å². The van der Waals surface area contributed by atoms with Crippen molar-refractivity contribution in [1.29, 1.82) is 0 Å². The maximum Gasteiger partial charge on any atom is 0.316 e. The van der Waals surface area contributed by atoms with Gasteiger partial charge in [0, 0.05) is 18.0 Å². The molecule has 0 saturated carbocycles. The number of halogens is 2. The number of hydrogen-bond donors (Lipinski definition) is 0. The molecule has 6 nitrogen and oxygen atoms in total. The second kappa shape index (κ2) is 7.12. The topological polar surface area (TPSA) is 65.7 Å². The van der Waals surface area contributed by atoms with Gasteiger partial charge in [0.25, 0.3) is 6.43 Å². The molecule has 0 aliphatic rings. The van der Waals surface area contributed by atoms with E-state index in [1.807, 2.05) is 6.92 Å². The minimum atomic E-state index is -2.53. The van der Waals surface area contributed by atoms with Gasteiger partial charge >= 0.3 is 6.01 Å². The molecule has 1 aromatic carbocycles. The monoisotopic (exact) mass is 331 g/mol. The van der Waals surface area contributed by atoms with E-state index in [-0.39, 0.29) is 18.2 Å². The zero-order valence-corrected chi connectivity index (χ0v) is 12.9. The maximum atomic E-state index is 12.8. The number of hydrogen-bond acceptors (Lipinski definition) is 5. The first-order valence-corrected chi connectivity index (χ1v) is 7.39. The van der Waals surface area contributed by atoms with E-state index in [4.69, 9.17) is 4.74 Å². The first kappa shape index (κ1) is 16.0. The molecular weight excluding hydrogens is 316 g/mol. The highest BCUT2D eigenvalue weighted by Crippen LogP contribution is 2.21. The predicted molar refractivity (Wildman–Crippen MR) is 82.1 cm³/mol. The average Bonchev–Trinajstić information content (AvgIpc) is 3.09. The van der Waals surface area contributed by atoms with Crippen molar-refractivity contribution in [2.45, 2.75) is 26.4 Å². The number of aromatic nitrogens is 5. The van der Waals surface area contributed by atoms with Crippen LogP contribution in [0.2, 0.25) is 0 Å². The summed E-state index contributed by atoms with van der Waals surface area (Å²) in [5.74, 6) is 0. The van der Waals surface area contributed by atoms with E-state index in [0.717, 1.165) is 12.0 Å². The number of nitrogens with zero attached hydrogens (tertiary/aromatic N) is 5. The van der Waals surface area contributed by atoms with Crippen molar-refractivity contribution < 1.29 is 13.5 Å². The van der Waals surface area contributed by atoms with Crippen molar-refractivity contribution in [3.8, 4) is 11.7 Å². The summed E-state index contributed by atoms with van der Waals surface area (Å²) in [7, 11) is 0. The fraction of sp³-hybridized carbons (Fsp3) is 0.250. The molecule has 0 spiro atoms. The minimum absolute atomic E-state index is 0.0646. The van der Waals surface area contributed by atoms with Gasteiger partial charge in [-0.3, -0.25) is 0 Å². The molecule has 0 atom stereocenters. The third-order valence-corrected chi connectivity index (χ3v) is 3.37. The molecule has 0 N–H and O–H groups in total. The highest BCUT2D eigenvalue weighted by Gasteiger charge is 2.10. The predicted octanol–water partition coefficient (Wildman–Crippen LogP) is 3.14. The van der Waals surface area contributed by atoms with E-state index >= 15 is 0 Å². The van der Waals surface area contributed by atoms with Gasteiger partial charge in [-0.05, 0) is 24.1 Å². The van der Waals surface area contributed by atoms with Crippen LogP contribution in [0, 0.1) is 0 Å². The summed E-state index contributed by atoms with van der Waals surface area (Å²) in [4.78, 5) is 8.18. The Hall–Kier alpha value is -2.90. The van der Waals surface area contributed by atoms with E-state index in [0.29, 0.717) is 11.4 Å². The molecule has 3 aromatic rings. The second-order valence-corrected chi connectivity index (χ2v) is 5.07. The molecule has 0 aliphatic heterocycles. The van der Waals surface area contributed by atoms with Crippen molar-refractivity contribution in [1.82, 2.24) is 25.0 Å². The lowest BCUT2D eigenvalue weighted by Crippen LogP contribution is -2.00. The Balaban J connectivity index is 1.68. The Morgan fingerprint density at radius 2 is 2.00 bits per heavy atom. The number of rotatable bonds is 6. The Labute approximate surface area is 137 Å². The van der Waals surface area contributed by atoms with Gasteiger partial charge in [0.05, 0.1) is 11.9 Å². The van der Waals surface area contributed by atoms with Crippen molar-refractivity contribution in [3.63, 3.8) is 0 Å². The van der Waals surface area contributed by atoms with Gasteiger partial charge in [0.15, 0.2) is 0 Å². The normalized spacial score (nSPS) is 11.0. The molecule has 3 rings (SSSR count). The van der Waals surface area contributed by atoms with Gasteiger partial charge in [-0.25, -0.2) is 23.4 Å². The maximum absolute atomic E-state index is 12.8. The van der Waals surface area contributed by atoms with Crippen LogP contribution in [0.3, 0.4) is 0 Å². The lowest BCUT2D eigenvalue weighted by molar-refractivity contribution is 0.151. The van der Waals surface area contributed by atoms with E-state index in [1.54, 1.807) is 30.7 Å². The Morgan fingerprint density at radius 1 is 1.21 bits per heavy atom. The van der Waals surface area contributed by atoms with Gasteiger partial charge in [-0.15, -0.1) is 5.10 Å². The highest BCUT2D eigenvalue weighted by atomic mass is 19.3. The van der Waals surface area contributed by atoms with E-state index < -0.39 is 6.43 Å². The Kier molecular flexibility index (Phi) is 4.74. The minimum Gasteiger partial charge on any atom is -0.457 e. The Bertz CT molecular complexity index is 804. The Morgan fingerprint density at radius 3 is 2.71 bits per heavy atom. The summed E-state index contributed by atoms with van der Waals surface area (Å²) in [5, 5.41) is 7.89. The van der Waals surface area contributed by atoms with Crippen LogP contribution in [0.5, 0.6) is 6.01 Å². The molecule has 0 unspecified atom stereocenters. The highest BCUT2D eigenvalue weighted by molar-refractivity contribution is 5.35. The van der Waals surface area contributed by atoms with Crippen molar-refractivity contribution >= 4 is 0 Å². The molecule has 124 valence electrons. The summed E-state index contributed by atoms with van der Waals surface area (Å²) in [5.41, 5.74) is 2.01. The van der Waals surface area contributed by atoms with E-state index in [9.17, 15) is 8.78 Å². The third kappa shape index (κ3) is 3.70. The fourth-order valence-electron chi connectivity index (χ4n) is 2.03. The molecule has 0 fully saturated rings. The quantitative estimate of drug-likeness (QED) is 0.694. The molecule has 0 amide bonds. The zero-order valence-electron chi connectivity index (χ0n) is 12.9. The summed E-state index contributed by atoms with van der Waals surface area (Å²) in [6.45, 7) is 2.15. The number of benzene rings is 1. The molecule has 2 heterocycles. The number of aryl methyl sites for hydroxylation is 1. The molecule has 0 aliphatic carbocycles. The number of ether oxygens (including phenoxy) is 1. The lowest BCUT2D eigenvalue weighted by atomic mass is 10.2. The van der Waals surface area contributed by atoms with Crippen molar-refractivity contribution in [2.75, 3.05) is 0 Å². The van der Waals surface area contributed by atoms with Crippen LogP contribution in [-0.4, -0.2) is 25.0 Å². The molecular formula is C16H15F2N5O. The van der Waals surface area contributed by atoms with Crippen LogP contribution in [0.25, 0.3) is 5.69 Å². The van der Waals surface area contributed by atoms with Crippen molar-refractivity contribution in [2.24, 2.45) is 0 Å². The van der Waals surface area contributed by atoms with Crippen LogP contribution < -0.4 is 4.74 Å². The van der Waals surface area contributed by atoms with Gasteiger partial charge in [-0.1, -0.05) is 24.3 Å². The first-order chi connectivity index (χ1) is 11.7. The first-order valence-electron chi connectivity index (χ1n) is 7.39. The number of alkyl halides is 2. The molecule has 0 bridgehead atoms. The van der Waals surface area contributed by atoms with Crippen LogP contribution in [0.4, 0.5) is 8.78 Å². The average molecular weight is 331 g/mol. The van der Waals surface area contributed by atoms with Crippen LogP contribution in [0.1, 0.15) is 30.2 Å². The lowest BCUT2D eigenvalue weighted by Gasteiger charge is -2.03. The summed E-state index contributed by atoms with van der Waals surface area (Å²) < 4.78 is 32.4.